The summed E-state index contributed by atoms with van der Waals surface area (Å²) in [6.07, 6.45) is 4.41. The first kappa shape index (κ1) is 9.52. The highest BCUT2D eigenvalue weighted by molar-refractivity contribution is 5.73. The van der Waals surface area contributed by atoms with Gasteiger partial charge < -0.3 is 10.4 Å². The number of nitrogens with one attached hydrogen (secondary N) is 1. The molecule has 1 aliphatic rings. The summed E-state index contributed by atoms with van der Waals surface area (Å²) in [6.45, 7) is 1.73. The summed E-state index contributed by atoms with van der Waals surface area (Å²) in [5, 5.41) is 11.9. The van der Waals surface area contributed by atoms with Gasteiger partial charge in [-0.15, -0.1) is 0 Å². The standard InChI is InChI=1S/C9H17NO2/c1-7(12)10-9-5-3-2-4-8(9)6-11/h8-9,11H,2-6H2,1H3,(H,10,12)/t8-,9+/m0/s1. The zero-order chi connectivity index (χ0) is 8.97. The fourth-order valence-electron chi connectivity index (χ4n) is 1.88. The zero-order valence-corrected chi connectivity index (χ0v) is 7.55. The van der Waals surface area contributed by atoms with E-state index >= 15 is 0 Å². The quantitative estimate of drug-likeness (QED) is 0.641. The second-order valence-electron chi connectivity index (χ2n) is 3.53. The zero-order valence-electron chi connectivity index (χ0n) is 7.55. The highest BCUT2D eigenvalue weighted by Gasteiger charge is 2.24. The van der Waals surface area contributed by atoms with Crippen molar-refractivity contribution < 1.29 is 9.90 Å². The highest BCUT2D eigenvalue weighted by atomic mass is 16.3. The second-order valence-corrected chi connectivity index (χ2v) is 3.53. The number of amides is 1. The summed E-state index contributed by atoms with van der Waals surface area (Å²) in [5.74, 6) is 0.294. The molecule has 3 nitrogen and oxygen atoms in total. The molecule has 3 heteroatoms. The van der Waals surface area contributed by atoms with Gasteiger partial charge in [0.2, 0.25) is 5.91 Å². The molecule has 1 fully saturated rings. The molecule has 0 aromatic carbocycles. The first-order chi connectivity index (χ1) is 5.74. The maximum Gasteiger partial charge on any atom is 0.217 e. The van der Waals surface area contributed by atoms with E-state index in [0.717, 1.165) is 12.8 Å². The Hall–Kier alpha value is -0.570. The van der Waals surface area contributed by atoms with Gasteiger partial charge in [0.1, 0.15) is 0 Å². The fourth-order valence-corrected chi connectivity index (χ4v) is 1.88. The van der Waals surface area contributed by atoms with Crippen molar-refractivity contribution in [1.29, 1.82) is 0 Å². The molecule has 0 radical (unpaired) electrons. The summed E-state index contributed by atoms with van der Waals surface area (Å²) in [4.78, 5) is 10.8. The van der Waals surface area contributed by atoms with Crippen LogP contribution in [0, 0.1) is 5.92 Å². The van der Waals surface area contributed by atoms with E-state index in [4.69, 9.17) is 5.11 Å². The lowest BCUT2D eigenvalue weighted by Crippen LogP contribution is -2.42. The maximum atomic E-state index is 10.8. The second kappa shape index (κ2) is 4.45. The Balaban J connectivity index is 2.41. The third-order valence-electron chi connectivity index (χ3n) is 2.53. The molecule has 0 spiro atoms. The Bertz CT molecular complexity index is 159. The van der Waals surface area contributed by atoms with E-state index in [-0.39, 0.29) is 24.5 Å². The average molecular weight is 171 g/mol. The SMILES string of the molecule is CC(=O)N[C@@H]1CCCC[C@H]1CO. The van der Waals surface area contributed by atoms with Gasteiger partial charge in [-0.05, 0) is 12.8 Å². The molecule has 12 heavy (non-hydrogen) atoms. The number of aliphatic hydroxyl groups is 1. The summed E-state index contributed by atoms with van der Waals surface area (Å²) in [7, 11) is 0. The van der Waals surface area contributed by atoms with Crippen molar-refractivity contribution in [1.82, 2.24) is 5.32 Å². The first-order valence-corrected chi connectivity index (χ1v) is 4.62. The van der Waals surface area contributed by atoms with Crippen LogP contribution in [0.15, 0.2) is 0 Å². The van der Waals surface area contributed by atoms with E-state index in [1.165, 1.54) is 19.8 Å². The Morgan fingerprint density at radius 3 is 2.75 bits per heavy atom. The van der Waals surface area contributed by atoms with Crippen molar-refractivity contribution in [3.63, 3.8) is 0 Å². The normalized spacial score (nSPS) is 29.8. The molecule has 0 aliphatic heterocycles. The predicted molar refractivity (Wildman–Crippen MR) is 46.6 cm³/mol. The van der Waals surface area contributed by atoms with Crippen LogP contribution in [0.5, 0.6) is 0 Å². The van der Waals surface area contributed by atoms with Crippen LogP contribution in [-0.2, 0) is 4.79 Å². The summed E-state index contributed by atoms with van der Waals surface area (Å²) in [6, 6.07) is 0.209. The van der Waals surface area contributed by atoms with E-state index in [1.807, 2.05) is 0 Å². The number of aliphatic hydroxyl groups excluding tert-OH is 1. The molecule has 0 bridgehead atoms. The summed E-state index contributed by atoms with van der Waals surface area (Å²) in [5.41, 5.74) is 0. The maximum absolute atomic E-state index is 10.8. The van der Waals surface area contributed by atoms with E-state index in [2.05, 4.69) is 5.32 Å². The largest absolute Gasteiger partial charge is 0.396 e. The van der Waals surface area contributed by atoms with Gasteiger partial charge in [0, 0.05) is 25.5 Å². The molecule has 70 valence electrons. The minimum atomic E-state index is 0.0142. The Kier molecular flexibility index (Phi) is 3.53. The lowest BCUT2D eigenvalue weighted by molar-refractivity contribution is -0.120. The van der Waals surface area contributed by atoms with Gasteiger partial charge >= 0.3 is 0 Å². The molecule has 0 aromatic heterocycles. The summed E-state index contributed by atoms with van der Waals surface area (Å²) < 4.78 is 0. The van der Waals surface area contributed by atoms with Crippen molar-refractivity contribution >= 4 is 5.91 Å². The Morgan fingerprint density at radius 2 is 2.17 bits per heavy atom. The molecule has 0 aromatic rings. The van der Waals surface area contributed by atoms with E-state index in [9.17, 15) is 4.79 Å². The molecule has 0 saturated heterocycles. The van der Waals surface area contributed by atoms with E-state index < -0.39 is 0 Å². The Labute approximate surface area is 73.2 Å². The third-order valence-corrected chi connectivity index (χ3v) is 2.53. The first-order valence-electron chi connectivity index (χ1n) is 4.62. The van der Waals surface area contributed by atoms with Gasteiger partial charge in [-0.3, -0.25) is 4.79 Å². The predicted octanol–water partition coefficient (Wildman–Crippen LogP) is 0.674. The van der Waals surface area contributed by atoms with Crippen LogP contribution >= 0.6 is 0 Å². The van der Waals surface area contributed by atoms with Gasteiger partial charge in [-0.1, -0.05) is 12.8 Å². The van der Waals surface area contributed by atoms with Gasteiger partial charge in [0.05, 0.1) is 0 Å². The molecule has 1 saturated carbocycles. The number of carbonyl (C=O) groups is 1. The minimum Gasteiger partial charge on any atom is -0.396 e. The topological polar surface area (TPSA) is 49.3 Å². The fraction of sp³-hybridized carbons (Fsp3) is 0.889. The Morgan fingerprint density at radius 1 is 1.50 bits per heavy atom. The van der Waals surface area contributed by atoms with Crippen molar-refractivity contribution in [2.45, 2.75) is 38.6 Å². The molecule has 1 aliphatic carbocycles. The van der Waals surface area contributed by atoms with Crippen molar-refractivity contribution in [2.24, 2.45) is 5.92 Å². The molecular formula is C9H17NO2. The molecule has 2 atom stereocenters. The van der Waals surface area contributed by atoms with Crippen molar-refractivity contribution in [2.75, 3.05) is 6.61 Å². The van der Waals surface area contributed by atoms with Gasteiger partial charge in [0.15, 0.2) is 0 Å². The monoisotopic (exact) mass is 171 g/mol. The number of carbonyl (C=O) groups excluding carboxylic acids is 1. The van der Waals surface area contributed by atoms with Crippen molar-refractivity contribution in [3.05, 3.63) is 0 Å². The molecule has 1 amide bonds. The van der Waals surface area contributed by atoms with E-state index in [1.54, 1.807) is 0 Å². The number of hydrogen-bond acceptors (Lipinski definition) is 2. The molecule has 2 N–H and O–H groups in total. The average Bonchev–Trinajstić information content (AvgIpc) is 2.04. The van der Waals surface area contributed by atoms with Crippen LogP contribution in [0.2, 0.25) is 0 Å². The lowest BCUT2D eigenvalue weighted by atomic mass is 9.85. The lowest BCUT2D eigenvalue weighted by Gasteiger charge is -2.30. The third kappa shape index (κ3) is 2.48. The molecule has 0 unspecified atom stereocenters. The van der Waals surface area contributed by atoms with Crippen LogP contribution in [0.25, 0.3) is 0 Å². The van der Waals surface area contributed by atoms with Crippen LogP contribution in [0.4, 0.5) is 0 Å². The van der Waals surface area contributed by atoms with E-state index in [0.29, 0.717) is 0 Å². The van der Waals surface area contributed by atoms with Crippen LogP contribution in [-0.4, -0.2) is 23.7 Å². The number of hydrogen-bond donors (Lipinski definition) is 2. The van der Waals surface area contributed by atoms with Gasteiger partial charge in [-0.2, -0.15) is 0 Å². The van der Waals surface area contributed by atoms with Gasteiger partial charge in [-0.25, -0.2) is 0 Å². The molecule has 1 rings (SSSR count). The van der Waals surface area contributed by atoms with Crippen molar-refractivity contribution in [3.8, 4) is 0 Å². The van der Waals surface area contributed by atoms with Crippen LogP contribution in [0.1, 0.15) is 32.6 Å². The van der Waals surface area contributed by atoms with Crippen LogP contribution in [0.3, 0.4) is 0 Å². The molecular weight excluding hydrogens is 154 g/mol. The summed E-state index contributed by atoms with van der Waals surface area (Å²) >= 11 is 0. The van der Waals surface area contributed by atoms with Gasteiger partial charge in [0.25, 0.3) is 0 Å². The van der Waals surface area contributed by atoms with Crippen LogP contribution < -0.4 is 5.32 Å². The number of rotatable bonds is 2. The minimum absolute atomic E-state index is 0.0142. The smallest absolute Gasteiger partial charge is 0.217 e. The highest BCUT2D eigenvalue weighted by Crippen LogP contribution is 2.23. The molecule has 0 heterocycles.